The van der Waals surface area contributed by atoms with E-state index in [1.165, 1.54) is 0 Å². The van der Waals surface area contributed by atoms with E-state index >= 15 is 0 Å². The average Bonchev–Trinajstić information content (AvgIpc) is 2.52. The molecule has 0 atom stereocenters. The van der Waals surface area contributed by atoms with Crippen molar-refractivity contribution >= 4 is 95.6 Å². The molecule has 0 spiro atoms. The van der Waals surface area contributed by atoms with E-state index in [-0.39, 0.29) is 36.9 Å². The Morgan fingerprint density at radius 1 is 0.478 bits per heavy atom. The predicted molar refractivity (Wildman–Crippen MR) is 98.1 cm³/mol. The Labute approximate surface area is 191 Å². The second-order valence-corrected chi connectivity index (χ2v) is 8.82. The SMILES string of the molecule is [Ni+2].[O-]c1c([O-])c(Br)c2c(c1Br)Oc1c(Br)c(Br)c(Br)c(Br)c1O2. The Kier molecular flexibility index (Phi) is 6.48. The molecule has 1 aliphatic rings. The fraction of sp³-hybridized carbons (Fsp3) is 0. The Hall–Kier alpha value is 1.01. The van der Waals surface area contributed by atoms with Crippen LogP contribution in [0.5, 0.6) is 34.5 Å². The van der Waals surface area contributed by atoms with Gasteiger partial charge in [-0.25, -0.2) is 0 Å². The van der Waals surface area contributed by atoms with Gasteiger partial charge in [-0.2, -0.15) is 0 Å². The summed E-state index contributed by atoms with van der Waals surface area (Å²) >= 11 is 19.8. The van der Waals surface area contributed by atoms with Crippen molar-refractivity contribution in [3.8, 4) is 34.5 Å². The quantitative estimate of drug-likeness (QED) is 0.154. The number of halogens is 6. The molecule has 0 saturated heterocycles. The van der Waals surface area contributed by atoms with Crippen molar-refractivity contribution < 1.29 is 36.2 Å². The Morgan fingerprint density at radius 2 is 0.739 bits per heavy atom. The molecule has 0 bridgehead atoms. The smallest absolute Gasteiger partial charge is 0.872 e. The number of hydrogen-bond acceptors (Lipinski definition) is 4. The van der Waals surface area contributed by atoms with Gasteiger partial charge in [-0.15, -0.1) is 0 Å². The topological polar surface area (TPSA) is 64.6 Å². The number of hydrogen-bond donors (Lipinski definition) is 0. The maximum absolute atomic E-state index is 11.9. The number of benzene rings is 2. The minimum absolute atomic E-state index is 0. The molecule has 124 valence electrons. The number of fused-ring (bicyclic) bond motifs is 2. The first kappa shape index (κ1) is 20.3. The van der Waals surface area contributed by atoms with Crippen LogP contribution in [0, 0.1) is 0 Å². The molecule has 0 saturated carbocycles. The van der Waals surface area contributed by atoms with Crippen LogP contribution in [0.2, 0.25) is 0 Å². The summed E-state index contributed by atoms with van der Waals surface area (Å²) in [6.45, 7) is 0. The molecule has 11 heteroatoms. The molecule has 0 radical (unpaired) electrons. The van der Waals surface area contributed by atoms with Gasteiger partial charge < -0.3 is 19.7 Å². The van der Waals surface area contributed by atoms with Crippen molar-refractivity contribution in [1.82, 2.24) is 0 Å². The monoisotopic (exact) mass is 739 g/mol. The van der Waals surface area contributed by atoms with E-state index in [4.69, 9.17) is 9.47 Å². The molecule has 0 aromatic heterocycles. The van der Waals surface area contributed by atoms with Crippen molar-refractivity contribution in [3.63, 3.8) is 0 Å². The van der Waals surface area contributed by atoms with E-state index in [0.29, 0.717) is 29.4 Å². The normalized spacial score (nSPS) is 11.7. The molecule has 2 aromatic rings. The first-order valence-electron chi connectivity index (χ1n) is 5.36. The van der Waals surface area contributed by atoms with Crippen LogP contribution in [0.15, 0.2) is 26.8 Å². The summed E-state index contributed by atoms with van der Waals surface area (Å²) in [5.41, 5.74) is 0. The van der Waals surface area contributed by atoms with E-state index in [2.05, 4.69) is 95.6 Å². The Balaban J connectivity index is 0.00000192. The first-order chi connectivity index (χ1) is 10.3. The molecule has 0 unspecified atom stereocenters. The van der Waals surface area contributed by atoms with E-state index in [1.54, 1.807) is 0 Å². The fourth-order valence-electron chi connectivity index (χ4n) is 1.77. The zero-order valence-electron chi connectivity index (χ0n) is 10.2. The van der Waals surface area contributed by atoms with Gasteiger partial charge in [0.1, 0.15) is 0 Å². The van der Waals surface area contributed by atoms with Gasteiger partial charge in [0.2, 0.25) is 0 Å². The van der Waals surface area contributed by atoms with Crippen LogP contribution >= 0.6 is 95.6 Å². The van der Waals surface area contributed by atoms with Gasteiger partial charge in [0.05, 0.1) is 26.8 Å². The Morgan fingerprint density at radius 3 is 1.04 bits per heavy atom. The van der Waals surface area contributed by atoms with Crippen molar-refractivity contribution in [3.05, 3.63) is 26.8 Å². The van der Waals surface area contributed by atoms with Gasteiger partial charge in [0.25, 0.3) is 0 Å². The van der Waals surface area contributed by atoms with Crippen molar-refractivity contribution in [1.29, 1.82) is 0 Å². The Bertz CT molecular complexity index is 706. The van der Waals surface area contributed by atoms with Crippen LogP contribution < -0.4 is 19.7 Å². The van der Waals surface area contributed by atoms with Crippen LogP contribution in [0.25, 0.3) is 0 Å². The zero-order valence-corrected chi connectivity index (χ0v) is 20.7. The van der Waals surface area contributed by atoms with Crippen LogP contribution in [-0.4, -0.2) is 0 Å². The maximum atomic E-state index is 11.9. The van der Waals surface area contributed by atoms with Crippen LogP contribution in [0.4, 0.5) is 0 Å². The van der Waals surface area contributed by atoms with Gasteiger partial charge in [-0.05, 0) is 95.6 Å². The molecule has 0 amide bonds. The molecule has 0 aliphatic carbocycles. The summed E-state index contributed by atoms with van der Waals surface area (Å²) < 4.78 is 14.3. The largest absolute Gasteiger partial charge is 2.00 e. The van der Waals surface area contributed by atoms with E-state index in [0.717, 1.165) is 0 Å². The predicted octanol–water partition coefficient (Wildman–Crippen LogP) is 6.30. The summed E-state index contributed by atoms with van der Waals surface area (Å²) in [6.07, 6.45) is 0. The molecule has 3 rings (SSSR count). The van der Waals surface area contributed by atoms with Crippen molar-refractivity contribution in [2.45, 2.75) is 0 Å². The van der Waals surface area contributed by atoms with Gasteiger partial charge in [0.15, 0.2) is 23.0 Å². The molecular weight excluding hydrogens is 746 g/mol. The molecule has 2 aromatic carbocycles. The average molecular weight is 746 g/mol. The van der Waals surface area contributed by atoms with Crippen LogP contribution in [0.3, 0.4) is 0 Å². The van der Waals surface area contributed by atoms with Crippen LogP contribution in [0.1, 0.15) is 0 Å². The summed E-state index contributed by atoms with van der Waals surface area (Å²) in [5.74, 6) is -0.370. The molecule has 0 N–H and O–H groups in total. The summed E-state index contributed by atoms with van der Waals surface area (Å²) in [4.78, 5) is 0. The third-order valence-corrected chi connectivity index (χ3v) is 8.94. The van der Waals surface area contributed by atoms with E-state index in [9.17, 15) is 10.2 Å². The number of rotatable bonds is 0. The van der Waals surface area contributed by atoms with Crippen LogP contribution in [-0.2, 0) is 16.5 Å². The van der Waals surface area contributed by atoms with Gasteiger partial charge in [-0.3, -0.25) is 0 Å². The van der Waals surface area contributed by atoms with Gasteiger partial charge in [0, 0.05) is 0 Å². The summed E-state index contributed by atoms with van der Waals surface area (Å²) in [5, 5.41) is 23.8. The third kappa shape index (κ3) is 3.13. The second kappa shape index (κ2) is 7.33. The summed E-state index contributed by atoms with van der Waals surface area (Å²) in [7, 11) is 0. The minimum atomic E-state index is -0.705. The zero-order chi connectivity index (χ0) is 16.3. The molecular formula is C12Br6NiO4. The third-order valence-electron chi connectivity index (χ3n) is 2.80. The number of ether oxygens (including phenoxy) is 2. The standard InChI is InChI=1S/C12H2Br6O4.Ni/c13-1-2(14)4(16)10-9(3(1)15)21-11-5(17)7(19)8(20)6(18)12(11)22-10;/h19-20H;/q;+2/p-2. The minimum Gasteiger partial charge on any atom is -0.872 e. The molecule has 23 heavy (non-hydrogen) atoms. The fourth-order valence-corrected chi connectivity index (χ4v) is 4.85. The van der Waals surface area contributed by atoms with Crippen molar-refractivity contribution in [2.75, 3.05) is 0 Å². The van der Waals surface area contributed by atoms with E-state index < -0.39 is 11.5 Å². The molecule has 1 heterocycles. The molecule has 4 nitrogen and oxygen atoms in total. The van der Waals surface area contributed by atoms with Gasteiger partial charge in [-0.1, -0.05) is 11.5 Å². The summed E-state index contributed by atoms with van der Waals surface area (Å²) in [6, 6.07) is 0. The molecule has 0 fully saturated rings. The second-order valence-electron chi connectivity index (χ2n) is 4.06. The van der Waals surface area contributed by atoms with E-state index in [1.807, 2.05) is 0 Å². The first-order valence-corrected chi connectivity index (χ1v) is 10.1. The maximum Gasteiger partial charge on any atom is 2.00 e. The van der Waals surface area contributed by atoms with Crippen molar-refractivity contribution in [2.24, 2.45) is 0 Å². The van der Waals surface area contributed by atoms with Gasteiger partial charge >= 0.3 is 16.5 Å². The molecule has 1 aliphatic heterocycles.